The molecule has 0 aliphatic rings. The van der Waals surface area contributed by atoms with Crippen molar-refractivity contribution in [3.05, 3.63) is 24.4 Å². The van der Waals surface area contributed by atoms with E-state index in [9.17, 15) is 0 Å². The third kappa shape index (κ3) is 1.94. The van der Waals surface area contributed by atoms with Gasteiger partial charge in [-0.2, -0.15) is 0 Å². The van der Waals surface area contributed by atoms with Crippen LogP contribution in [0.15, 0.2) is 24.4 Å². The highest BCUT2D eigenvalue weighted by Crippen LogP contribution is 2.34. The molecular weight excluding hydrogens is 224 g/mol. The molecule has 2 N–H and O–H groups in total. The number of aromatic nitrogens is 1. The van der Waals surface area contributed by atoms with Crippen LogP contribution >= 0.6 is 11.3 Å². The molecule has 2 rings (SSSR count). The normalized spacial score (nSPS) is 10.1. The lowest BCUT2D eigenvalue weighted by atomic mass is 10.2. The zero-order valence-corrected chi connectivity index (χ0v) is 9.88. The fraction of sp³-hybridized carbons (Fsp3) is 0.182. The minimum atomic E-state index is 0.689. The summed E-state index contributed by atoms with van der Waals surface area (Å²) < 4.78 is 10.4. The van der Waals surface area contributed by atoms with E-state index in [1.54, 1.807) is 20.4 Å². The Bertz CT molecular complexity index is 496. The first-order chi connectivity index (χ1) is 7.74. The Labute approximate surface area is 97.6 Å². The Morgan fingerprint density at radius 3 is 2.50 bits per heavy atom. The lowest BCUT2D eigenvalue weighted by molar-refractivity contribution is 0.355. The summed E-state index contributed by atoms with van der Waals surface area (Å²) in [6.07, 6.45) is 1.65. The minimum absolute atomic E-state index is 0.689. The maximum Gasteiger partial charge on any atom is 0.161 e. The van der Waals surface area contributed by atoms with E-state index in [1.165, 1.54) is 11.3 Å². The first kappa shape index (κ1) is 10.8. The molecule has 0 bridgehead atoms. The summed E-state index contributed by atoms with van der Waals surface area (Å²) in [4.78, 5) is 4.21. The Morgan fingerprint density at radius 1 is 1.19 bits per heavy atom. The van der Waals surface area contributed by atoms with Crippen molar-refractivity contribution in [1.29, 1.82) is 0 Å². The number of nitrogens with zero attached hydrogens (tertiary/aromatic N) is 1. The lowest BCUT2D eigenvalue weighted by Gasteiger charge is -2.07. The number of methoxy groups -OCH3 is 2. The van der Waals surface area contributed by atoms with Gasteiger partial charge in [0.05, 0.1) is 20.4 Å². The van der Waals surface area contributed by atoms with Crippen LogP contribution in [-0.2, 0) is 0 Å². The first-order valence-electron chi connectivity index (χ1n) is 4.68. The largest absolute Gasteiger partial charge is 0.493 e. The molecule has 2 aromatic rings. The van der Waals surface area contributed by atoms with Gasteiger partial charge in [0.1, 0.15) is 10.0 Å². The molecule has 0 amide bonds. The maximum atomic E-state index is 5.64. The molecule has 5 heteroatoms. The number of anilines is 1. The van der Waals surface area contributed by atoms with Gasteiger partial charge < -0.3 is 15.2 Å². The van der Waals surface area contributed by atoms with Gasteiger partial charge in [-0.1, -0.05) is 11.3 Å². The molecule has 0 aliphatic heterocycles. The van der Waals surface area contributed by atoms with Gasteiger partial charge in [-0.3, -0.25) is 0 Å². The fourth-order valence-corrected chi connectivity index (χ4v) is 2.07. The van der Waals surface area contributed by atoms with Crippen LogP contribution in [0.5, 0.6) is 11.5 Å². The van der Waals surface area contributed by atoms with Gasteiger partial charge in [0, 0.05) is 5.56 Å². The summed E-state index contributed by atoms with van der Waals surface area (Å²) >= 11 is 1.44. The molecule has 16 heavy (non-hydrogen) atoms. The van der Waals surface area contributed by atoms with Crippen molar-refractivity contribution in [3.63, 3.8) is 0 Å². The average Bonchev–Trinajstić information content (AvgIpc) is 2.75. The third-order valence-electron chi connectivity index (χ3n) is 2.15. The van der Waals surface area contributed by atoms with Gasteiger partial charge in [0.2, 0.25) is 0 Å². The number of rotatable bonds is 3. The van der Waals surface area contributed by atoms with Gasteiger partial charge in [-0.05, 0) is 18.2 Å². The number of nitrogens with two attached hydrogens (primary N) is 1. The summed E-state index contributed by atoms with van der Waals surface area (Å²) in [7, 11) is 3.22. The van der Waals surface area contributed by atoms with Crippen LogP contribution in [0.3, 0.4) is 0 Å². The van der Waals surface area contributed by atoms with Crippen molar-refractivity contribution < 1.29 is 9.47 Å². The number of thiazole rings is 1. The molecule has 0 radical (unpaired) electrons. The summed E-state index contributed by atoms with van der Waals surface area (Å²) in [5.41, 5.74) is 6.61. The van der Waals surface area contributed by atoms with Crippen LogP contribution in [0.25, 0.3) is 10.6 Å². The van der Waals surface area contributed by atoms with E-state index in [1.807, 2.05) is 18.2 Å². The van der Waals surface area contributed by atoms with Crippen molar-refractivity contribution >= 4 is 16.3 Å². The van der Waals surface area contributed by atoms with Gasteiger partial charge >= 0.3 is 0 Å². The SMILES string of the molecule is COc1ccc(-c2ncc(N)s2)cc1OC. The molecular formula is C11H12N2O2S. The van der Waals surface area contributed by atoms with E-state index in [0.29, 0.717) is 16.5 Å². The molecule has 0 atom stereocenters. The highest BCUT2D eigenvalue weighted by molar-refractivity contribution is 7.18. The molecule has 0 saturated carbocycles. The highest BCUT2D eigenvalue weighted by atomic mass is 32.1. The van der Waals surface area contributed by atoms with Crippen molar-refractivity contribution in [2.75, 3.05) is 20.0 Å². The maximum absolute atomic E-state index is 5.64. The minimum Gasteiger partial charge on any atom is -0.493 e. The predicted molar refractivity (Wildman–Crippen MR) is 65.1 cm³/mol. The number of hydrogen-bond acceptors (Lipinski definition) is 5. The topological polar surface area (TPSA) is 57.4 Å². The number of nitrogen functional groups attached to an aromatic ring is 1. The van der Waals surface area contributed by atoms with Crippen LogP contribution in [0.1, 0.15) is 0 Å². The van der Waals surface area contributed by atoms with Gasteiger partial charge in [-0.25, -0.2) is 4.98 Å². The third-order valence-corrected chi connectivity index (χ3v) is 3.03. The van der Waals surface area contributed by atoms with Gasteiger partial charge in [-0.15, -0.1) is 0 Å². The van der Waals surface area contributed by atoms with E-state index in [-0.39, 0.29) is 0 Å². The second-order valence-electron chi connectivity index (χ2n) is 3.14. The van der Waals surface area contributed by atoms with E-state index in [0.717, 1.165) is 10.6 Å². The number of hydrogen-bond donors (Lipinski definition) is 1. The van der Waals surface area contributed by atoms with Crippen LogP contribution in [0, 0.1) is 0 Å². The molecule has 0 spiro atoms. The summed E-state index contributed by atoms with van der Waals surface area (Å²) in [6, 6.07) is 5.67. The second kappa shape index (κ2) is 4.40. The molecule has 84 valence electrons. The van der Waals surface area contributed by atoms with Crippen LogP contribution in [0.4, 0.5) is 5.00 Å². The second-order valence-corrected chi connectivity index (χ2v) is 4.20. The molecule has 0 fully saturated rings. The van der Waals surface area contributed by atoms with Crippen molar-refractivity contribution in [2.45, 2.75) is 0 Å². The predicted octanol–water partition coefficient (Wildman–Crippen LogP) is 2.41. The Morgan fingerprint density at radius 2 is 1.94 bits per heavy atom. The number of benzene rings is 1. The van der Waals surface area contributed by atoms with Gasteiger partial charge in [0.25, 0.3) is 0 Å². The quantitative estimate of drug-likeness (QED) is 0.889. The zero-order valence-electron chi connectivity index (χ0n) is 9.06. The summed E-state index contributed by atoms with van der Waals surface area (Å²) in [5, 5.41) is 1.57. The fourth-order valence-electron chi connectivity index (χ4n) is 1.39. The Kier molecular flexibility index (Phi) is 2.96. The van der Waals surface area contributed by atoms with Crippen molar-refractivity contribution in [3.8, 4) is 22.1 Å². The highest BCUT2D eigenvalue weighted by Gasteiger charge is 2.08. The molecule has 1 aromatic carbocycles. The molecule has 4 nitrogen and oxygen atoms in total. The standard InChI is InChI=1S/C11H12N2O2S/c1-14-8-4-3-7(5-9(8)15-2)11-13-6-10(12)16-11/h3-6H,12H2,1-2H3. The van der Waals surface area contributed by atoms with Gasteiger partial charge in [0.15, 0.2) is 11.5 Å². The first-order valence-corrected chi connectivity index (χ1v) is 5.50. The number of ether oxygens (including phenoxy) is 2. The molecule has 1 aromatic heterocycles. The van der Waals surface area contributed by atoms with Crippen LogP contribution in [-0.4, -0.2) is 19.2 Å². The van der Waals surface area contributed by atoms with Crippen LogP contribution in [0.2, 0.25) is 0 Å². The molecule has 0 unspecified atom stereocenters. The summed E-state index contributed by atoms with van der Waals surface area (Å²) in [5.74, 6) is 1.39. The van der Waals surface area contributed by atoms with Crippen molar-refractivity contribution in [1.82, 2.24) is 4.98 Å². The lowest BCUT2D eigenvalue weighted by Crippen LogP contribution is -1.90. The Balaban J connectivity index is 2.43. The molecule has 0 aliphatic carbocycles. The van der Waals surface area contributed by atoms with Crippen molar-refractivity contribution in [2.24, 2.45) is 0 Å². The Hall–Kier alpha value is -1.75. The van der Waals surface area contributed by atoms with Crippen LogP contribution < -0.4 is 15.2 Å². The van der Waals surface area contributed by atoms with E-state index < -0.39 is 0 Å². The molecule has 0 saturated heterocycles. The monoisotopic (exact) mass is 236 g/mol. The van der Waals surface area contributed by atoms with E-state index >= 15 is 0 Å². The summed E-state index contributed by atoms with van der Waals surface area (Å²) in [6.45, 7) is 0. The van der Waals surface area contributed by atoms with E-state index in [4.69, 9.17) is 15.2 Å². The smallest absolute Gasteiger partial charge is 0.161 e. The van der Waals surface area contributed by atoms with E-state index in [2.05, 4.69) is 4.98 Å². The zero-order chi connectivity index (χ0) is 11.5. The molecule has 1 heterocycles. The average molecular weight is 236 g/mol.